The van der Waals surface area contributed by atoms with Crippen molar-refractivity contribution in [3.63, 3.8) is 0 Å². The molecule has 0 unspecified atom stereocenters. The quantitative estimate of drug-likeness (QED) is 0.887. The number of amides is 2. The Balaban J connectivity index is 2.16. The fourth-order valence-electron chi connectivity index (χ4n) is 1.99. The zero-order chi connectivity index (χ0) is 16.1. The molecule has 0 bridgehead atoms. The van der Waals surface area contributed by atoms with E-state index in [1.54, 1.807) is 30.3 Å². The second-order valence-corrected chi connectivity index (χ2v) is 5.11. The number of carbonyl (C=O) groups is 2. The smallest absolute Gasteiger partial charge is 0.253 e. The van der Waals surface area contributed by atoms with Gasteiger partial charge in [0.1, 0.15) is 11.9 Å². The summed E-state index contributed by atoms with van der Waals surface area (Å²) in [6, 6.07) is 11.4. The van der Waals surface area contributed by atoms with Gasteiger partial charge in [0.25, 0.3) is 5.91 Å². The molecule has 0 spiro atoms. The molecule has 2 amide bonds. The van der Waals surface area contributed by atoms with Crippen LogP contribution < -0.4 is 11.1 Å². The molecule has 22 heavy (non-hydrogen) atoms. The van der Waals surface area contributed by atoms with Crippen LogP contribution in [0, 0.1) is 5.82 Å². The molecule has 0 aromatic heterocycles. The lowest BCUT2D eigenvalue weighted by Gasteiger charge is -2.16. The normalized spacial score (nSPS) is 11.7. The zero-order valence-corrected chi connectivity index (χ0v) is 12.3. The number of hydrogen-bond acceptors (Lipinski definition) is 2. The fourth-order valence-corrected chi connectivity index (χ4v) is 2.21. The summed E-state index contributed by atoms with van der Waals surface area (Å²) in [5, 5.41) is 2.74. The van der Waals surface area contributed by atoms with Crippen LogP contribution in [0.1, 0.15) is 15.9 Å². The Labute approximate surface area is 132 Å². The van der Waals surface area contributed by atoms with Crippen LogP contribution in [0.2, 0.25) is 5.02 Å². The maximum absolute atomic E-state index is 13.7. The number of nitrogens with one attached hydrogen (secondary N) is 1. The molecule has 0 aliphatic heterocycles. The fraction of sp³-hybridized carbons (Fsp3) is 0.125. The molecule has 2 rings (SSSR count). The van der Waals surface area contributed by atoms with Crippen molar-refractivity contribution in [1.82, 2.24) is 5.32 Å². The molecule has 3 N–H and O–H groups in total. The number of halogens is 2. The molecule has 114 valence electrons. The third-order valence-electron chi connectivity index (χ3n) is 3.15. The van der Waals surface area contributed by atoms with Crippen molar-refractivity contribution in [3.8, 4) is 0 Å². The second kappa shape index (κ2) is 7.04. The highest BCUT2D eigenvalue weighted by Crippen LogP contribution is 2.15. The highest BCUT2D eigenvalue weighted by atomic mass is 35.5. The average molecular weight is 321 g/mol. The Morgan fingerprint density at radius 2 is 1.77 bits per heavy atom. The van der Waals surface area contributed by atoms with Crippen LogP contribution in [0.4, 0.5) is 4.39 Å². The van der Waals surface area contributed by atoms with Crippen LogP contribution in [0.3, 0.4) is 0 Å². The van der Waals surface area contributed by atoms with Gasteiger partial charge in [-0.1, -0.05) is 41.9 Å². The van der Waals surface area contributed by atoms with Crippen molar-refractivity contribution in [2.75, 3.05) is 0 Å². The monoisotopic (exact) mass is 320 g/mol. The van der Waals surface area contributed by atoms with E-state index in [9.17, 15) is 14.0 Å². The van der Waals surface area contributed by atoms with Gasteiger partial charge < -0.3 is 11.1 Å². The minimum Gasteiger partial charge on any atom is -0.368 e. The first-order valence-electron chi connectivity index (χ1n) is 6.57. The second-order valence-electron chi connectivity index (χ2n) is 4.70. The molecular weight excluding hydrogens is 307 g/mol. The molecule has 0 aliphatic rings. The maximum Gasteiger partial charge on any atom is 0.253 e. The summed E-state index contributed by atoms with van der Waals surface area (Å²) in [4.78, 5) is 23.7. The van der Waals surface area contributed by atoms with Crippen molar-refractivity contribution in [3.05, 3.63) is 70.5 Å². The largest absolute Gasteiger partial charge is 0.368 e. The number of nitrogens with two attached hydrogens (primary N) is 1. The van der Waals surface area contributed by atoms with E-state index < -0.39 is 23.7 Å². The Bertz CT molecular complexity index is 706. The Kier molecular flexibility index (Phi) is 5.12. The minimum absolute atomic E-state index is 0.0296. The SMILES string of the molecule is NC(=O)[C@@H](Cc1ccccc1F)NC(=O)c1ccccc1Cl. The van der Waals surface area contributed by atoms with Crippen LogP contribution in [0.25, 0.3) is 0 Å². The van der Waals surface area contributed by atoms with E-state index in [0.717, 1.165) is 0 Å². The highest BCUT2D eigenvalue weighted by molar-refractivity contribution is 6.33. The van der Waals surface area contributed by atoms with Gasteiger partial charge in [-0.25, -0.2) is 4.39 Å². The Hall–Kier alpha value is -2.40. The highest BCUT2D eigenvalue weighted by Gasteiger charge is 2.21. The van der Waals surface area contributed by atoms with Gasteiger partial charge in [-0.15, -0.1) is 0 Å². The molecule has 6 heteroatoms. The summed E-state index contributed by atoms with van der Waals surface area (Å²) in [5.41, 5.74) is 5.81. The summed E-state index contributed by atoms with van der Waals surface area (Å²) < 4.78 is 13.7. The van der Waals surface area contributed by atoms with Gasteiger partial charge in [-0.05, 0) is 23.8 Å². The third-order valence-corrected chi connectivity index (χ3v) is 3.48. The van der Waals surface area contributed by atoms with Crippen molar-refractivity contribution < 1.29 is 14.0 Å². The van der Waals surface area contributed by atoms with Gasteiger partial charge in [-0.3, -0.25) is 9.59 Å². The van der Waals surface area contributed by atoms with E-state index in [1.165, 1.54) is 18.2 Å². The van der Waals surface area contributed by atoms with Crippen LogP contribution >= 0.6 is 11.6 Å². The van der Waals surface area contributed by atoms with Crippen LogP contribution in [0.5, 0.6) is 0 Å². The zero-order valence-electron chi connectivity index (χ0n) is 11.6. The van der Waals surface area contributed by atoms with Crippen LogP contribution in [-0.2, 0) is 11.2 Å². The summed E-state index contributed by atoms with van der Waals surface area (Å²) in [6.07, 6.45) is -0.0296. The van der Waals surface area contributed by atoms with E-state index in [0.29, 0.717) is 5.56 Å². The van der Waals surface area contributed by atoms with Gasteiger partial charge in [0.15, 0.2) is 0 Å². The lowest BCUT2D eigenvalue weighted by Crippen LogP contribution is -2.46. The van der Waals surface area contributed by atoms with E-state index in [-0.39, 0.29) is 17.0 Å². The summed E-state index contributed by atoms with van der Waals surface area (Å²) in [7, 11) is 0. The molecule has 0 aliphatic carbocycles. The number of carbonyl (C=O) groups excluding carboxylic acids is 2. The molecule has 0 heterocycles. The molecule has 0 fully saturated rings. The number of rotatable bonds is 5. The Morgan fingerprint density at radius 1 is 1.14 bits per heavy atom. The molecular formula is C16H14ClFN2O2. The summed E-state index contributed by atoms with van der Waals surface area (Å²) in [5.74, 6) is -1.74. The molecule has 0 radical (unpaired) electrons. The van der Waals surface area contributed by atoms with Gasteiger partial charge in [0.2, 0.25) is 5.91 Å². The van der Waals surface area contributed by atoms with Crippen molar-refractivity contribution in [1.29, 1.82) is 0 Å². The lowest BCUT2D eigenvalue weighted by molar-refractivity contribution is -0.119. The van der Waals surface area contributed by atoms with Crippen LogP contribution in [-0.4, -0.2) is 17.9 Å². The third kappa shape index (κ3) is 3.83. The first kappa shape index (κ1) is 16.0. The van der Waals surface area contributed by atoms with Crippen molar-refractivity contribution in [2.24, 2.45) is 5.73 Å². The first-order valence-corrected chi connectivity index (χ1v) is 6.95. The van der Waals surface area contributed by atoms with E-state index >= 15 is 0 Å². The number of primary amides is 1. The van der Waals surface area contributed by atoms with Gasteiger partial charge >= 0.3 is 0 Å². The predicted octanol–water partition coefficient (Wildman–Crippen LogP) is 2.31. The number of hydrogen-bond donors (Lipinski definition) is 2. The summed E-state index contributed by atoms with van der Waals surface area (Å²) >= 11 is 5.93. The van der Waals surface area contributed by atoms with Crippen LogP contribution in [0.15, 0.2) is 48.5 Å². The molecule has 4 nitrogen and oxygen atoms in total. The van der Waals surface area contributed by atoms with Gasteiger partial charge in [0, 0.05) is 6.42 Å². The van der Waals surface area contributed by atoms with Crippen molar-refractivity contribution >= 4 is 23.4 Å². The molecule has 0 saturated heterocycles. The number of benzene rings is 2. The van der Waals surface area contributed by atoms with Gasteiger partial charge in [-0.2, -0.15) is 0 Å². The first-order chi connectivity index (χ1) is 10.5. The standard InChI is InChI=1S/C16H14ClFN2O2/c17-12-7-3-2-6-11(12)16(22)20-14(15(19)21)9-10-5-1-4-8-13(10)18/h1-8,14H,9H2,(H2,19,21)(H,20,22)/t14-/m1/s1. The Morgan fingerprint density at radius 3 is 2.41 bits per heavy atom. The van der Waals surface area contributed by atoms with E-state index in [4.69, 9.17) is 17.3 Å². The molecule has 1 atom stereocenters. The minimum atomic E-state index is -1.03. The lowest BCUT2D eigenvalue weighted by atomic mass is 10.0. The van der Waals surface area contributed by atoms with Gasteiger partial charge in [0.05, 0.1) is 10.6 Å². The molecule has 2 aromatic rings. The van der Waals surface area contributed by atoms with Crippen molar-refractivity contribution in [2.45, 2.75) is 12.5 Å². The topological polar surface area (TPSA) is 72.2 Å². The van der Waals surface area contributed by atoms with E-state index in [1.807, 2.05) is 0 Å². The molecule has 0 saturated carbocycles. The average Bonchev–Trinajstić information content (AvgIpc) is 2.49. The summed E-state index contributed by atoms with van der Waals surface area (Å²) in [6.45, 7) is 0. The molecule has 2 aromatic carbocycles. The maximum atomic E-state index is 13.7. The predicted molar refractivity (Wildman–Crippen MR) is 82.0 cm³/mol. The van der Waals surface area contributed by atoms with E-state index in [2.05, 4.69) is 5.32 Å².